The van der Waals surface area contributed by atoms with Crippen molar-refractivity contribution in [2.75, 3.05) is 18.4 Å². The van der Waals surface area contributed by atoms with Crippen LogP contribution in [0, 0.1) is 5.92 Å². The summed E-state index contributed by atoms with van der Waals surface area (Å²) >= 11 is 3.44. The number of nitrogens with one attached hydrogen (secondary N) is 2. The molecule has 0 spiro atoms. The lowest BCUT2D eigenvalue weighted by molar-refractivity contribution is 0.364. The normalized spacial score (nSPS) is 21.7. The highest BCUT2D eigenvalue weighted by Gasteiger charge is 2.28. The Balaban J connectivity index is 1.79. The van der Waals surface area contributed by atoms with Crippen LogP contribution in [0.25, 0.3) is 0 Å². The SMILES string of the molecule is CC1(Nc2cnn(CC3CC3)c(=O)c2Br)CCNCC1. The molecule has 2 heterocycles. The standard InChI is InChI=1S/C14H21BrN4O/c1-14(4-6-16-7-5-14)18-11-8-17-19(9-10-2-3-10)13(20)12(11)15/h8,10,16,18H,2-7,9H2,1H3. The van der Waals surface area contributed by atoms with E-state index in [2.05, 4.69) is 38.6 Å². The summed E-state index contributed by atoms with van der Waals surface area (Å²) in [6.07, 6.45) is 6.31. The second-order valence-electron chi connectivity index (χ2n) is 6.24. The second kappa shape index (κ2) is 5.48. The van der Waals surface area contributed by atoms with E-state index in [4.69, 9.17) is 0 Å². The first kappa shape index (κ1) is 14.1. The molecule has 6 heteroatoms. The summed E-state index contributed by atoms with van der Waals surface area (Å²) in [7, 11) is 0. The van der Waals surface area contributed by atoms with Gasteiger partial charge in [-0.1, -0.05) is 0 Å². The van der Waals surface area contributed by atoms with Gasteiger partial charge in [-0.15, -0.1) is 0 Å². The third-order valence-corrected chi connectivity index (χ3v) is 5.02. The number of aromatic nitrogens is 2. The topological polar surface area (TPSA) is 59.0 Å². The maximum absolute atomic E-state index is 12.3. The van der Waals surface area contributed by atoms with Gasteiger partial charge in [0.25, 0.3) is 5.56 Å². The monoisotopic (exact) mass is 340 g/mol. The first-order valence-corrected chi connectivity index (χ1v) is 8.11. The molecule has 110 valence electrons. The predicted molar refractivity (Wildman–Crippen MR) is 83.1 cm³/mol. The largest absolute Gasteiger partial charge is 0.377 e. The molecule has 1 aromatic heterocycles. The van der Waals surface area contributed by atoms with Gasteiger partial charge in [-0.2, -0.15) is 5.10 Å². The average molecular weight is 341 g/mol. The van der Waals surface area contributed by atoms with Crippen LogP contribution in [0.2, 0.25) is 0 Å². The van der Waals surface area contributed by atoms with Crippen LogP contribution in [0.15, 0.2) is 15.5 Å². The highest BCUT2D eigenvalue weighted by Crippen LogP contribution is 2.30. The van der Waals surface area contributed by atoms with Crippen molar-refractivity contribution in [3.8, 4) is 0 Å². The van der Waals surface area contributed by atoms with E-state index in [0.717, 1.165) is 38.2 Å². The summed E-state index contributed by atoms with van der Waals surface area (Å²) in [4.78, 5) is 12.3. The number of piperidine rings is 1. The molecule has 3 rings (SSSR count). The predicted octanol–water partition coefficient (Wildman–Crippen LogP) is 1.97. The second-order valence-corrected chi connectivity index (χ2v) is 7.03. The summed E-state index contributed by atoms with van der Waals surface area (Å²) in [6.45, 7) is 4.97. The minimum atomic E-state index is -0.0283. The van der Waals surface area contributed by atoms with Gasteiger partial charge in [-0.05, 0) is 67.5 Å². The maximum atomic E-state index is 12.3. The highest BCUT2D eigenvalue weighted by atomic mass is 79.9. The van der Waals surface area contributed by atoms with Crippen molar-refractivity contribution in [3.05, 3.63) is 21.0 Å². The van der Waals surface area contributed by atoms with E-state index in [1.165, 1.54) is 12.8 Å². The molecule has 1 aliphatic carbocycles. The molecule has 1 aliphatic heterocycles. The maximum Gasteiger partial charge on any atom is 0.283 e. The summed E-state index contributed by atoms with van der Waals surface area (Å²) in [5, 5.41) is 11.2. The minimum absolute atomic E-state index is 0.0283. The molecule has 2 fully saturated rings. The van der Waals surface area contributed by atoms with Crippen molar-refractivity contribution >= 4 is 21.6 Å². The zero-order valence-corrected chi connectivity index (χ0v) is 13.4. The molecular weight excluding hydrogens is 320 g/mol. The summed E-state index contributed by atoms with van der Waals surface area (Å²) in [6, 6.07) is 0. The molecule has 0 bridgehead atoms. The Bertz CT molecular complexity index is 547. The van der Waals surface area contributed by atoms with E-state index >= 15 is 0 Å². The van der Waals surface area contributed by atoms with Gasteiger partial charge in [0.05, 0.1) is 11.9 Å². The zero-order chi connectivity index (χ0) is 14.2. The van der Waals surface area contributed by atoms with Crippen molar-refractivity contribution in [3.63, 3.8) is 0 Å². The van der Waals surface area contributed by atoms with Gasteiger partial charge in [0.15, 0.2) is 0 Å². The first-order chi connectivity index (χ1) is 9.57. The van der Waals surface area contributed by atoms with E-state index in [-0.39, 0.29) is 11.1 Å². The van der Waals surface area contributed by atoms with Crippen LogP contribution in [0.5, 0.6) is 0 Å². The fourth-order valence-electron chi connectivity index (χ4n) is 2.66. The molecular formula is C14H21BrN4O. The Morgan fingerprint density at radius 3 is 2.85 bits per heavy atom. The Morgan fingerprint density at radius 2 is 2.20 bits per heavy atom. The summed E-state index contributed by atoms with van der Waals surface area (Å²) < 4.78 is 2.19. The average Bonchev–Trinajstić information content (AvgIpc) is 3.23. The quantitative estimate of drug-likeness (QED) is 0.879. The van der Waals surface area contributed by atoms with Crippen LogP contribution in [-0.4, -0.2) is 28.4 Å². The van der Waals surface area contributed by atoms with Crippen LogP contribution < -0.4 is 16.2 Å². The van der Waals surface area contributed by atoms with Crippen LogP contribution in [-0.2, 0) is 6.54 Å². The number of rotatable bonds is 4. The Morgan fingerprint density at radius 1 is 1.50 bits per heavy atom. The number of hydrogen-bond donors (Lipinski definition) is 2. The molecule has 5 nitrogen and oxygen atoms in total. The molecule has 0 amide bonds. The minimum Gasteiger partial charge on any atom is -0.377 e. The van der Waals surface area contributed by atoms with Crippen molar-refractivity contribution in [2.45, 2.75) is 44.7 Å². The number of nitrogens with zero attached hydrogens (tertiary/aromatic N) is 2. The van der Waals surface area contributed by atoms with E-state index < -0.39 is 0 Å². The van der Waals surface area contributed by atoms with Gasteiger partial charge < -0.3 is 10.6 Å². The molecule has 0 aromatic carbocycles. The summed E-state index contributed by atoms with van der Waals surface area (Å²) in [5.41, 5.74) is 0.816. The van der Waals surface area contributed by atoms with Crippen LogP contribution >= 0.6 is 15.9 Å². The lowest BCUT2D eigenvalue weighted by atomic mass is 9.90. The lowest BCUT2D eigenvalue weighted by Gasteiger charge is -2.36. The van der Waals surface area contributed by atoms with Crippen LogP contribution in [0.1, 0.15) is 32.6 Å². The molecule has 1 saturated heterocycles. The fraction of sp³-hybridized carbons (Fsp3) is 0.714. The van der Waals surface area contributed by atoms with E-state index in [1.54, 1.807) is 10.9 Å². The van der Waals surface area contributed by atoms with E-state index in [0.29, 0.717) is 10.4 Å². The summed E-state index contributed by atoms with van der Waals surface area (Å²) in [5.74, 6) is 0.646. The molecule has 0 atom stereocenters. The smallest absolute Gasteiger partial charge is 0.283 e. The van der Waals surface area contributed by atoms with Crippen molar-refractivity contribution in [1.82, 2.24) is 15.1 Å². The molecule has 1 saturated carbocycles. The van der Waals surface area contributed by atoms with Gasteiger partial charge >= 0.3 is 0 Å². The van der Waals surface area contributed by atoms with Crippen LogP contribution in [0.3, 0.4) is 0 Å². The molecule has 0 unspecified atom stereocenters. The molecule has 0 radical (unpaired) electrons. The zero-order valence-electron chi connectivity index (χ0n) is 11.8. The van der Waals surface area contributed by atoms with Gasteiger partial charge in [-0.25, -0.2) is 4.68 Å². The van der Waals surface area contributed by atoms with Gasteiger partial charge in [0, 0.05) is 12.1 Å². The third kappa shape index (κ3) is 3.06. The van der Waals surface area contributed by atoms with Crippen LogP contribution in [0.4, 0.5) is 5.69 Å². The molecule has 2 N–H and O–H groups in total. The number of hydrogen-bond acceptors (Lipinski definition) is 4. The first-order valence-electron chi connectivity index (χ1n) is 7.32. The molecule has 1 aromatic rings. The lowest BCUT2D eigenvalue weighted by Crippen LogP contribution is -2.45. The van der Waals surface area contributed by atoms with Crippen molar-refractivity contribution < 1.29 is 0 Å². The van der Waals surface area contributed by atoms with Gasteiger partial charge in [0.2, 0.25) is 0 Å². The fourth-order valence-corrected chi connectivity index (χ4v) is 3.06. The Labute approximate surface area is 127 Å². The Hall–Kier alpha value is -0.880. The number of halogens is 1. The van der Waals surface area contributed by atoms with Crippen molar-refractivity contribution in [1.29, 1.82) is 0 Å². The third-order valence-electron chi connectivity index (χ3n) is 4.26. The van der Waals surface area contributed by atoms with Gasteiger partial charge in [0.1, 0.15) is 4.47 Å². The highest BCUT2D eigenvalue weighted by molar-refractivity contribution is 9.10. The molecule has 2 aliphatic rings. The molecule has 20 heavy (non-hydrogen) atoms. The Kier molecular flexibility index (Phi) is 3.86. The number of anilines is 1. The van der Waals surface area contributed by atoms with E-state index in [1.807, 2.05) is 0 Å². The van der Waals surface area contributed by atoms with E-state index in [9.17, 15) is 4.79 Å². The van der Waals surface area contributed by atoms with Gasteiger partial charge in [-0.3, -0.25) is 4.79 Å². The van der Waals surface area contributed by atoms with Crippen molar-refractivity contribution in [2.24, 2.45) is 5.92 Å².